The summed E-state index contributed by atoms with van der Waals surface area (Å²) in [6, 6.07) is 2.08. The van der Waals surface area contributed by atoms with E-state index in [-0.39, 0.29) is 46.7 Å². The summed E-state index contributed by atoms with van der Waals surface area (Å²) in [5, 5.41) is 6.58. The molecule has 1 aromatic carbocycles. The number of anilines is 2. The molecular formula is C28H32F2N6O5. The van der Waals surface area contributed by atoms with Crippen molar-refractivity contribution in [2.24, 2.45) is 0 Å². The highest BCUT2D eigenvalue weighted by Gasteiger charge is 2.36. The Balaban J connectivity index is 1.61. The SMILES string of the molecule is C=CC(=O)N[C@H]1COC[C@H]1Nc1ncc2cc(-c3c(F)c(OC)cc(OC)c3F)nc(N3CCC(C)(OC)C3)c2n1. The third kappa shape index (κ3) is 5.46. The molecule has 3 aromatic rings. The third-order valence-corrected chi connectivity index (χ3v) is 7.51. The summed E-state index contributed by atoms with van der Waals surface area (Å²) in [6.07, 6.45) is 3.48. The van der Waals surface area contributed by atoms with Gasteiger partial charge in [-0.15, -0.1) is 0 Å². The van der Waals surface area contributed by atoms with Crippen LogP contribution in [-0.4, -0.2) is 86.2 Å². The van der Waals surface area contributed by atoms with E-state index in [1.807, 2.05) is 11.8 Å². The fourth-order valence-corrected chi connectivity index (χ4v) is 5.08. The molecule has 2 saturated heterocycles. The van der Waals surface area contributed by atoms with Gasteiger partial charge in [-0.3, -0.25) is 4.79 Å². The summed E-state index contributed by atoms with van der Waals surface area (Å²) in [5.41, 5.74) is -0.311. The van der Waals surface area contributed by atoms with E-state index in [9.17, 15) is 4.79 Å². The smallest absolute Gasteiger partial charge is 0.243 e. The van der Waals surface area contributed by atoms with Crippen molar-refractivity contribution in [3.05, 3.63) is 42.6 Å². The molecule has 11 nitrogen and oxygen atoms in total. The van der Waals surface area contributed by atoms with Gasteiger partial charge in [-0.2, -0.15) is 0 Å². The van der Waals surface area contributed by atoms with Gasteiger partial charge in [0.1, 0.15) is 5.52 Å². The maximum absolute atomic E-state index is 15.5. The van der Waals surface area contributed by atoms with Crippen LogP contribution in [0.15, 0.2) is 31.0 Å². The predicted octanol–water partition coefficient (Wildman–Crippen LogP) is 3.08. The number of pyridine rings is 1. The number of aromatic nitrogens is 3. The van der Waals surface area contributed by atoms with Gasteiger partial charge in [0.2, 0.25) is 11.9 Å². The molecule has 0 radical (unpaired) electrons. The predicted molar refractivity (Wildman–Crippen MR) is 148 cm³/mol. The van der Waals surface area contributed by atoms with E-state index in [0.29, 0.717) is 49.4 Å². The zero-order chi connectivity index (χ0) is 29.3. The molecule has 0 spiro atoms. The third-order valence-electron chi connectivity index (χ3n) is 7.51. The summed E-state index contributed by atoms with van der Waals surface area (Å²) in [7, 11) is 4.23. The first kappa shape index (κ1) is 28.4. The van der Waals surface area contributed by atoms with Crippen LogP contribution in [0.5, 0.6) is 11.5 Å². The number of ether oxygens (including phenoxy) is 4. The Bertz CT molecular complexity index is 1460. The molecular weight excluding hydrogens is 538 g/mol. The molecule has 0 aliphatic carbocycles. The van der Waals surface area contributed by atoms with Crippen LogP contribution in [0.2, 0.25) is 0 Å². The van der Waals surface area contributed by atoms with Gasteiger partial charge >= 0.3 is 0 Å². The number of rotatable bonds is 9. The van der Waals surface area contributed by atoms with Gasteiger partial charge in [0, 0.05) is 37.8 Å². The number of carbonyl (C=O) groups excluding carboxylic acids is 1. The van der Waals surface area contributed by atoms with Crippen molar-refractivity contribution in [2.75, 3.05) is 57.8 Å². The lowest BCUT2D eigenvalue weighted by Gasteiger charge is -2.25. The Morgan fingerprint density at radius 1 is 1.15 bits per heavy atom. The normalized spacial score (nSPS) is 22.1. The monoisotopic (exact) mass is 570 g/mol. The van der Waals surface area contributed by atoms with Crippen molar-refractivity contribution in [1.82, 2.24) is 20.3 Å². The topological polar surface area (TPSA) is 120 Å². The zero-order valence-electron chi connectivity index (χ0n) is 23.3. The molecule has 2 aliphatic rings. The molecule has 2 fully saturated rings. The van der Waals surface area contributed by atoms with E-state index in [0.717, 1.165) is 6.07 Å². The van der Waals surface area contributed by atoms with Gasteiger partial charge in [-0.1, -0.05) is 6.58 Å². The molecule has 3 atom stereocenters. The van der Waals surface area contributed by atoms with Crippen molar-refractivity contribution >= 4 is 28.6 Å². The largest absolute Gasteiger partial charge is 0.494 e. The van der Waals surface area contributed by atoms with E-state index < -0.39 is 17.2 Å². The van der Waals surface area contributed by atoms with Crippen molar-refractivity contribution in [2.45, 2.75) is 31.0 Å². The van der Waals surface area contributed by atoms with E-state index in [2.05, 4.69) is 22.2 Å². The maximum Gasteiger partial charge on any atom is 0.243 e. The number of nitrogens with zero attached hydrogens (tertiary/aromatic N) is 4. The molecule has 41 heavy (non-hydrogen) atoms. The van der Waals surface area contributed by atoms with Gasteiger partial charge in [-0.05, 0) is 25.5 Å². The fraction of sp³-hybridized carbons (Fsp3) is 0.429. The molecule has 5 rings (SSSR count). The second-order valence-electron chi connectivity index (χ2n) is 10.2. The zero-order valence-corrected chi connectivity index (χ0v) is 23.3. The summed E-state index contributed by atoms with van der Waals surface area (Å²) in [6.45, 7) is 7.21. The summed E-state index contributed by atoms with van der Waals surface area (Å²) >= 11 is 0. The molecule has 2 N–H and O–H groups in total. The first-order valence-electron chi connectivity index (χ1n) is 13.1. The minimum Gasteiger partial charge on any atom is -0.494 e. The number of carbonyl (C=O) groups is 1. The number of amides is 1. The minimum absolute atomic E-state index is 0.0337. The summed E-state index contributed by atoms with van der Waals surface area (Å²) < 4.78 is 52.5. The molecule has 218 valence electrons. The van der Waals surface area contributed by atoms with Crippen molar-refractivity contribution in [3.8, 4) is 22.8 Å². The van der Waals surface area contributed by atoms with E-state index in [1.54, 1.807) is 13.3 Å². The van der Waals surface area contributed by atoms with Crippen molar-refractivity contribution in [3.63, 3.8) is 0 Å². The standard InChI is InChI=1S/C28H32F2N6O5/c1-6-21(37)32-17-12-41-13-18(17)34-27-31-11-15-9-16(22-23(29)19(38-3)10-20(39-4)24(22)30)33-26(25(15)35-27)36-8-7-28(2,14-36)40-5/h6,9-11,17-18H,1,7-8,12-14H2,2-5H3,(H,32,37)(H,31,34,35)/t17-,18+,28?/m0/s1. The van der Waals surface area contributed by atoms with E-state index >= 15 is 8.78 Å². The average molecular weight is 571 g/mol. The Morgan fingerprint density at radius 3 is 2.49 bits per heavy atom. The number of hydrogen-bond acceptors (Lipinski definition) is 10. The van der Waals surface area contributed by atoms with Crippen molar-refractivity contribution in [1.29, 1.82) is 0 Å². The van der Waals surface area contributed by atoms with E-state index in [1.165, 1.54) is 26.4 Å². The molecule has 2 aliphatic heterocycles. The molecule has 2 aromatic heterocycles. The second-order valence-corrected chi connectivity index (χ2v) is 10.2. The minimum atomic E-state index is -0.903. The molecule has 0 saturated carbocycles. The lowest BCUT2D eigenvalue weighted by molar-refractivity contribution is -0.117. The number of methoxy groups -OCH3 is 3. The Labute approximate surface area is 235 Å². The van der Waals surface area contributed by atoms with Crippen LogP contribution in [0.1, 0.15) is 13.3 Å². The van der Waals surface area contributed by atoms with E-state index in [4.69, 9.17) is 28.9 Å². The van der Waals surface area contributed by atoms with Gasteiger partial charge in [0.15, 0.2) is 29.0 Å². The van der Waals surface area contributed by atoms with Crippen LogP contribution in [0.4, 0.5) is 20.5 Å². The highest BCUT2D eigenvalue weighted by atomic mass is 19.1. The number of hydrogen-bond donors (Lipinski definition) is 2. The second kappa shape index (κ2) is 11.4. The first-order chi connectivity index (χ1) is 19.7. The first-order valence-corrected chi connectivity index (χ1v) is 13.1. The van der Waals surface area contributed by atoms with Crippen LogP contribution >= 0.6 is 0 Å². The molecule has 13 heteroatoms. The van der Waals surface area contributed by atoms with Crippen LogP contribution in [-0.2, 0) is 14.3 Å². The molecule has 4 heterocycles. The van der Waals surface area contributed by atoms with Crippen molar-refractivity contribution < 1.29 is 32.5 Å². The van der Waals surface area contributed by atoms with Crippen LogP contribution in [0.25, 0.3) is 22.2 Å². The summed E-state index contributed by atoms with van der Waals surface area (Å²) in [5.74, 6) is -1.77. The van der Waals surface area contributed by atoms with Gasteiger partial charge in [0.05, 0.1) is 56.4 Å². The highest BCUT2D eigenvalue weighted by molar-refractivity contribution is 5.92. The Morgan fingerprint density at radius 2 is 1.85 bits per heavy atom. The Hall–Kier alpha value is -4.10. The maximum atomic E-state index is 15.5. The molecule has 0 bridgehead atoms. The Kier molecular flexibility index (Phi) is 7.91. The number of nitrogens with one attached hydrogen (secondary N) is 2. The lowest BCUT2D eigenvalue weighted by Crippen LogP contribution is -2.45. The quantitative estimate of drug-likeness (QED) is 0.372. The summed E-state index contributed by atoms with van der Waals surface area (Å²) in [4.78, 5) is 27.7. The van der Waals surface area contributed by atoms with Gasteiger partial charge in [-0.25, -0.2) is 23.7 Å². The number of benzene rings is 1. The van der Waals surface area contributed by atoms with Crippen LogP contribution in [0, 0.1) is 11.6 Å². The fourth-order valence-electron chi connectivity index (χ4n) is 5.08. The van der Waals surface area contributed by atoms with Crippen LogP contribution < -0.4 is 25.0 Å². The number of fused-ring (bicyclic) bond motifs is 1. The van der Waals surface area contributed by atoms with Crippen LogP contribution in [0.3, 0.4) is 0 Å². The lowest BCUT2D eigenvalue weighted by atomic mass is 10.1. The van der Waals surface area contributed by atoms with Gasteiger partial charge < -0.3 is 34.5 Å². The molecule has 1 unspecified atom stereocenters. The number of halogens is 2. The average Bonchev–Trinajstić information content (AvgIpc) is 3.59. The van der Waals surface area contributed by atoms with Gasteiger partial charge in [0.25, 0.3) is 0 Å². The molecule has 1 amide bonds. The highest BCUT2D eigenvalue weighted by Crippen LogP contribution is 2.40.